The summed E-state index contributed by atoms with van der Waals surface area (Å²) in [5, 5.41) is 0. The van der Waals surface area contributed by atoms with E-state index < -0.39 is 0 Å². The molecule has 0 radical (unpaired) electrons. The zero-order valence-electron chi connectivity index (χ0n) is 28.6. The number of rotatable bonds is 32. The minimum atomic E-state index is 0.898. The van der Waals surface area contributed by atoms with Crippen molar-refractivity contribution in [3.05, 3.63) is 0 Å². The van der Waals surface area contributed by atoms with Gasteiger partial charge in [0.2, 0.25) is 0 Å². The van der Waals surface area contributed by atoms with Crippen LogP contribution < -0.4 is 0 Å². The molecule has 0 bridgehead atoms. The summed E-state index contributed by atoms with van der Waals surface area (Å²) in [6, 6.07) is 0. The molecule has 0 saturated heterocycles. The van der Waals surface area contributed by atoms with Gasteiger partial charge in [0.15, 0.2) is 0 Å². The first-order valence-corrected chi connectivity index (χ1v) is 18.8. The van der Waals surface area contributed by atoms with Crippen molar-refractivity contribution in [1.29, 1.82) is 0 Å². The lowest BCUT2D eigenvalue weighted by molar-refractivity contribution is 0.125. The molecule has 238 valence electrons. The van der Waals surface area contributed by atoms with E-state index in [4.69, 9.17) is 4.74 Å². The zero-order chi connectivity index (χ0) is 28.9. The summed E-state index contributed by atoms with van der Waals surface area (Å²) >= 11 is 0. The predicted octanol–water partition coefficient (Wildman–Crippen LogP) is 14.4. The van der Waals surface area contributed by atoms with Gasteiger partial charge in [0.05, 0.1) is 0 Å². The molecule has 0 rings (SSSR count). The summed E-state index contributed by atoms with van der Waals surface area (Å²) in [6.07, 6.45) is 42.8. The van der Waals surface area contributed by atoms with Crippen molar-refractivity contribution in [1.82, 2.24) is 0 Å². The highest BCUT2D eigenvalue weighted by atomic mass is 16.5. The Bertz CT molecular complexity index is 347. The molecule has 0 amide bonds. The summed E-state index contributed by atoms with van der Waals surface area (Å²) in [5.74, 6) is 0.898. The first-order valence-electron chi connectivity index (χ1n) is 18.8. The molecular formula is C38H80O. The van der Waals surface area contributed by atoms with E-state index in [2.05, 4.69) is 34.6 Å². The molecule has 0 N–H and O–H groups in total. The average molecular weight is 553 g/mol. The van der Waals surface area contributed by atoms with Gasteiger partial charge in [-0.3, -0.25) is 0 Å². The van der Waals surface area contributed by atoms with Gasteiger partial charge in [-0.15, -0.1) is 0 Å². The fourth-order valence-corrected chi connectivity index (χ4v) is 5.48. The maximum atomic E-state index is 5.85. The highest BCUT2D eigenvalue weighted by Crippen LogP contribution is 2.14. The van der Waals surface area contributed by atoms with Crippen LogP contribution in [0.25, 0.3) is 0 Å². The monoisotopic (exact) mass is 553 g/mol. The molecule has 0 fully saturated rings. The van der Waals surface area contributed by atoms with Crippen LogP contribution in [-0.2, 0) is 4.74 Å². The molecule has 0 atom stereocenters. The molecule has 0 spiro atoms. The van der Waals surface area contributed by atoms with Crippen molar-refractivity contribution in [3.63, 3.8) is 0 Å². The first kappa shape index (κ1) is 41.1. The van der Waals surface area contributed by atoms with Crippen LogP contribution in [0.1, 0.15) is 227 Å². The summed E-state index contributed by atoms with van der Waals surface area (Å²) in [4.78, 5) is 0. The van der Waals surface area contributed by atoms with Gasteiger partial charge >= 0.3 is 0 Å². The van der Waals surface area contributed by atoms with Gasteiger partial charge in [0.25, 0.3) is 0 Å². The second-order valence-corrected chi connectivity index (χ2v) is 13.0. The Morgan fingerprint density at radius 2 is 0.538 bits per heavy atom. The van der Waals surface area contributed by atoms with Gasteiger partial charge in [-0.05, 0) is 18.8 Å². The molecule has 0 aromatic rings. The van der Waals surface area contributed by atoms with Crippen LogP contribution >= 0.6 is 0 Å². The van der Waals surface area contributed by atoms with Crippen molar-refractivity contribution < 1.29 is 4.74 Å². The van der Waals surface area contributed by atoms with Crippen molar-refractivity contribution >= 4 is 0 Å². The molecule has 0 unspecified atom stereocenters. The Morgan fingerprint density at radius 3 is 0.718 bits per heavy atom. The van der Waals surface area contributed by atoms with Gasteiger partial charge in [-0.25, -0.2) is 0 Å². The molecule has 0 aliphatic carbocycles. The van der Waals surface area contributed by atoms with Crippen LogP contribution in [0, 0.1) is 5.92 Å². The van der Waals surface area contributed by atoms with Gasteiger partial charge in [-0.1, -0.05) is 214 Å². The van der Waals surface area contributed by atoms with Crippen molar-refractivity contribution in [3.8, 4) is 0 Å². The van der Waals surface area contributed by atoms with Crippen molar-refractivity contribution in [2.75, 3.05) is 13.2 Å². The molecule has 1 nitrogen and oxygen atoms in total. The number of ether oxygens (including phenoxy) is 1. The van der Waals surface area contributed by atoms with E-state index in [1.165, 1.54) is 193 Å². The largest absolute Gasteiger partial charge is 0.381 e. The second-order valence-electron chi connectivity index (χ2n) is 13.0. The standard InChI is InChI=1S/C32H66O.C6H14/c1-3-5-7-9-11-13-15-17-19-21-23-25-27-29-31-33-32-30-28-26-24-22-20-18-16-14-12-10-8-6-4-2;1-4-5-6(2)3/h3-32H2,1-2H3;6H,4-5H2,1-3H3. The predicted molar refractivity (Wildman–Crippen MR) is 181 cm³/mol. The lowest BCUT2D eigenvalue weighted by Crippen LogP contribution is -1.97. The van der Waals surface area contributed by atoms with Gasteiger partial charge < -0.3 is 4.74 Å². The highest BCUT2D eigenvalue weighted by Gasteiger charge is 1.96. The van der Waals surface area contributed by atoms with E-state index in [1.54, 1.807) is 0 Å². The second kappa shape index (κ2) is 40.1. The fraction of sp³-hybridized carbons (Fsp3) is 1.00. The maximum absolute atomic E-state index is 5.85. The minimum Gasteiger partial charge on any atom is -0.381 e. The first-order chi connectivity index (χ1) is 19.2. The Hall–Kier alpha value is -0.0400. The average Bonchev–Trinajstić information content (AvgIpc) is 2.92. The Kier molecular flexibility index (Phi) is 42.3. The van der Waals surface area contributed by atoms with E-state index >= 15 is 0 Å². The quantitative estimate of drug-likeness (QED) is 0.0754. The summed E-state index contributed by atoms with van der Waals surface area (Å²) < 4.78 is 5.85. The van der Waals surface area contributed by atoms with Crippen LogP contribution in [0.15, 0.2) is 0 Å². The smallest absolute Gasteiger partial charge is 0.0466 e. The van der Waals surface area contributed by atoms with Gasteiger partial charge in [0, 0.05) is 13.2 Å². The molecule has 0 saturated carbocycles. The van der Waals surface area contributed by atoms with E-state index in [0.29, 0.717) is 0 Å². The third kappa shape index (κ3) is 45.2. The van der Waals surface area contributed by atoms with Gasteiger partial charge in [0.1, 0.15) is 0 Å². The topological polar surface area (TPSA) is 9.23 Å². The Morgan fingerprint density at radius 1 is 0.308 bits per heavy atom. The highest BCUT2D eigenvalue weighted by molar-refractivity contribution is 4.51. The van der Waals surface area contributed by atoms with E-state index in [9.17, 15) is 0 Å². The van der Waals surface area contributed by atoms with Crippen LogP contribution in [0.5, 0.6) is 0 Å². The third-order valence-corrected chi connectivity index (χ3v) is 8.15. The molecule has 0 aliphatic rings. The summed E-state index contributed by atoms with van der Waals surface area (Å²) in [5.41, 5.74) is 0. The van der Waals surface area contributed by atoms with Crippen LogP contribution in [0.2, 0.25) is 0 Å². The molecule has 0 aromatic carbocycles. The van der Waals surface area contributed by atoms with Crippen LogP contribution in [0.3, 0.4) is 0 Å². The molecule has 0 heterocycles. The molecule has 1 heteroatoms. The minimum absolute atomic E-state index is 0.898. The number of unbranched alkanes of at least 4 members (excludes halogenated alkanes) is 26. The zero-order valence-corrected chi connectivity index (χ0v) is 28.6. The lowest BCUT2D eigenvalue weighted by atomic mass is 10.0. The summed E-state index contributed by atoms with van der Waals surface area (Å²) in [7, 11) is 0. The van der Waals surface area contributed by atoms with Crippen LogP contribution in [0.4, 0.5) is 0 Å². The molecule has 0 aliphatic heterocycles. The molecule has 39 heavy (non-hydrogen) atoms. The Labute approximate surface area is 250 Å². The number of hydrogen-bond donors (Lipinski definition) is 0. The van der Waals surface area contributed by atoms with Gasteiger partial charge in [-0.2, -0.15) is 0 Å². The van der Waals surface area contributed by atoms with Crippen LogP contribution in [-0.4, -0.2) is 13.2 Å². The fourth-order valence-electron chi connectivity index (χ4n) is 5.48. The Balaban J connectivity index is 0. The summed E-state index contributed by atoms with van der Waals surface area (Å²) in [6.45, 7) is 13.3. The number of hydrogen-bond acceptors (Lipinski definition) is 1. The lowest BCUT2D eigenvalue weighted by Gasteiger charge is -2.05. The maximum Gasteiger partial charge on any atom is 0.0466 e. The van der Waals surface area contributed by atoms with E-state index in [1.807, 2.05) is 0 Å². The molecular weight excluding hydrogens is 472 g/mol. The van der Waals surface area contributed by atoms with E-state index in [0.717, 1.165) is 19.1 Å². The third-order valence-electron chi connectivity index (χ3n) is 8.15. The van der Waals surface area contributed by atoms with Crippen molar-refractivity contribution in [2.24, 2.45) is 5.92 Å². The van der Waals surface area contributed by atoms with E-state index in [-0.39, 0.29) is 0 Å². The SMILES string of the molecule is CCCC(C)C.CCCCCCCCCCCCCCCCOCCCCCCCCCCCCCCCC. The molecule has 0 aromatic heterocycles. The normalized spacial score (nSPS) is 11.2. The van der Waals surface area contributed by atoms with Crippen molar-refractivity contribution in [2.45, 2.75) is 227 Å².